The van der Waals surface area contributed by atoms with Gasteiger partial charge < -0.3 is 5.32 Å². The monoisotopic (exact) mass is 282 g/mol. The van der Waals surface area contributed by atoms with E-state index in [2.05, 4.69) is 60.7 Å². The molecular formula is C16H30N2S. The number of aryl methyl sites for hydroxylation is 1. The lowest BCUT2D eigenvalue weighted by Crippen LogP contribution is -2.23. The van der Waals surface area contributed by atoms with E-state index in [0.717, 1.165) is 6.54 Å². The zero-order valence-corrected chi connectivity index (χ0v) is 14.7. The van der Waals surface area contributed by atoms with Crippen LogP contribution in [-0.2, 0) is 5.41 Å². The van der Waals surface area contributed by atoms with E-state index in [4.69, 9.17) is 4.98 Å². The third kappa shape index (κ3) is 5.23. The number of nitrogens with zero attached hydrogens (tertiary/aromatic N) is 1. The molecule has 0 aromatic carbocycles. The summed E-state index contributed by atoms with van der Waals surface area (Å²) in [5.74, 6) is 0. The normalized spacial score (nSPS) is 14.7. The van der Waals surface area contributed by atoms with Crippen molar-refractivity contribution in [2.45, 2.75) is 73.3 Å². The fourth-order valence-corrected chi connectivity index (χ4v) is 3.04. The molecule has 0 amide bonds. The van der Waals surface area contributed by atoms with Crippen LogP contribution in [0.3, 0.4) is 0 Å². The van der Waals surface area contributed by atoms with Crippen LogP contribution in [0.1, 0.15) is 76.5 Å². The molecule has 1 unspecified atom stereocenters. The molecule has 0 saturated carbocycles. The molecule has 1 rings (SSSR count). The largest absolute Gasteiger partial charge is 0.309 e. The summed E-state index contributed by atoms with van der Waals surface area (Å²) < 4.78 is 0. The first-order valence-electron chi connectivity index (χ1n) is 7.22. The fraction of sp³-hybridized carbons (Fsp3) is 0.812. The van der Waals surface area contributed by atoms with Crippen LogP contribution in [0.5, 0.6) is 0 Å². The average Bonchev–Trinajstić information content (AvgIpc) is 2.57. The Balaban J connectivity index is 2.67. The molecule has 1 atom stereocenters. The molecule has 110 valence electrons. The zero-order chi connectivity index (χ0) is 14.8. The molecule has 0 fully saturated rings. The van der Waals surface area contributed by atoms with E-state index in [0.29, 0.717) is 11.5 Å². The Kier molecular flexibility index (Phi) is 5.19. The molecule has 1 heterocycles. The van der Waals surface area contributed by atoms with Gasteiger partial charge in [0.2, 0.25) is 0 Å². The molecule has 1 aromatic rings. The van der Waals surface area contributed by atoms with Crippen molar-refractivity contribution in [3.8, 4) is 0 Å². The molecule has 1 aromatic heterocycles. The highest BCUT2D eigenvalue weighted by molar-refractivity contribution is 7.12. The zero-order valence-electron chi connectivity index (χ0n) is 13.8. The second kappa shape index (κ2) is 5.92. The summed E-state index contributed by atoms with van der Waals surface area (Å²) >= 11 is 1.86. The predicted molar refractivity (Wildman–Crippen MR) is 86.0 cm³/mol. The summed E-state index contributed by atoms with van der Waals surface area (Å²) in [4.78, 5) is 6.13. The van der Waals surface area contributed by atoms with Crippen molar-refractivity contribution in [1.82, 2.24) is 10.3 Å². The molecule has 3 heteroatoms. The van der Waals surface area contributed by atoms with Crippen LogP contribution < -0.4 is 5.32 Å². The summed E-state index contributed by atoms with van der Waals surface area (Å²) in [6.45, 7) is 19.0. The Bertz CT molecular complexity index is 407. The molecule has 0 aliphatic rings. The number of rotatable bonds is 4. The first-order chi connectivity index (χ1) is 8.50. The second-order valence-corrected chi connectivity index (χ2v) is 8.74. The van der Waals surface area contributed by atoms with E-state index in [9.17, 15) is 0 Å². The Morgan fingerprint density at radius 3 is 2.16 bits per heavy atom. The standard InChI is InChI=1S/C16H30N2S/c1-11(17-10-9-15(3,4)5)13-12(2)18-14(19-13)16(6,7)8/h11,17H,9-10H2,1-8H3. The van der Waals surface area contributed by atoms with Crippen molar-refractivity contribution in [2.24, 2.45) is 5.41 Å². The molecule has 0 spiro atoms. The van der Waals surface area contributed by atoms with Gasteiger partial charge in [0, 0.05) is 16.3 Å². The number of aromatic nitrogens is 1. The van der Waals surface area contributed by atoms with E-state index >= 15 is 0 Å². The van der Waals surface area contributed by atoms with Crippen molar-refractivity contribution in [3.05, 3.63) is 15.6 Å². The van der Waals surface area contributed by atoms with Gasteiger partial charge >= 0.3 is 0 Å². The minimum absolute atomic E-state index is 0.152. The van der Waals surface area contributed by atoms with Gasteiger partial charge in [-0.15, -0.1) is 11.3 Å². The van der Waals surface area contributed by atoms with E-state index in [1.807, 2.05) is 11.3 Å². The van der Waals surface area contributed by atoms with Crippen molar-refractivity contribution in [2.75, 3.05) is 6.54 Å². The third-order valence-corrected chi connectivity index (χ3v) is 4.96. The van der Waals surface area contributed by atoms with Gasteiger partial charge in [-0.3, -0.25) is 0 Å². The van der Waals surface area contributed by atoms with Gasteiger partial charge in [0.15, 0.2) is 0 Å². The molecule has 0 bridgehead atoms. The molecule has 0 saturated heterocycles. The van der Waals surface area contributed by atoms with E-state index in [-0.39, 0.29) is 5.41 Å². The molecule has 1 N–H and O–H groups in total. The summed E-state index contributed by atoms with van der Waals surface area (Å²) in [7, 11) is 0. The van der Waals surface area contributed by atoms with Crippen molar-refractivity contribution in [1.29, 1.82) is 0 Å². The molecule has 0 aliphatic heterocycles. The van der Waals surface area contributed by atoms with E-state index < -0.39 is 0 Å². The van der Waals surface area contributed by atoms with Gasteiger partial charge in [-0.25, -0.2) is 4.98 Å². The summed E-state index contributed by atoms with van der Waals surface area (Å²) in [5.41, 5.74) is 1.73. The van der Waals surface area contributed by atoms with Gasteiger partial charge in [0.1, 0.15) is 0 Å². The summed E-state index contributed by atoms with van der Waals surface area (Å²) in [5, 5.41) is 4.87. The molecule has 0 aliphatic carbocycles. The number of thiazole rings is 1. The Morgan fingerprint density at radius 1 is 1.16 bits per heavy atom. The fourth-order valence-electron chi connectivity index (χ4n) is 1.89. The van der Waals surface area contributed by atoms with Crippen LogP contribution in [0.15, 0.2) is 0 Å². The van der Waals surface area contributed by atoms with Crippen molar-refractivity contribution >= 4 is 11.3 Å². The highest BCUT2D eigenvalue weighted by atomic mass is 32.1. The quantitative estimate of drug-likeness (QED) is 0.855. The van der Waals surface area contributed by atoms with Crippen LogP contribution in [-0.4, -0.2) is 11.5 Å². The minimum Gasteiger partial charge on any atom is -0.309 e. The maximum Gasteiger partial charge on any atom is 0.0985 e. The van der Waals surface area contributed by atoms with Crippen LogP contribution in [0.25, 0.3) is 0 Å². The predicted octanol–water partition coefficient (Wildman–Crippen LogP) is 4.84. The lowest BCUT2D eigenvalue weighted by Gasteiger charge is -2.20. The minimum atomic E-state index is 0.152. The van der Waals surface area contributed by atoms with Gasteiger partial charge in [0.25, 0.3) is 0 Å². The lowest BCUT2D eigenvalue weighted by molar-refractivity contribution is 0.358. The molecule has 0 radical (unpaired) electrons. The van der Waals surface area contributed by atoms with Crippen LogP contribution in [0.2, 0.25) is 0 Å². The number of hydrogen-bond donors (Lipinski definition) is 1. The van der Waals surface area contributed by atoms with Crippen molar-refractivity contribution in [3.63, 3.8) is 0 Å². The highest BCUT2D eigenvalue weighted by Crippen LogP contribution is 2.32. The maximum atomic E-state index is 4.74. The van der Waals surface area contributed by atoms with Crippen molar-refractivity contribution < 1.29 is 0 Å². The highest BCUT2D eigenvalue weighted by Gasteiger charge is 2.22. The molecule has 2 nitrogen and oxygen atoms in total. The summed E-state index contributed by atoms with van der Waals surface area (Å²) in [6.07, 6.45) is 1.20. The van der Waals surface area contributed by atoms with Crippen LogP contribution in [0, 0.1) is 12.3 Å². The van der Waals surface area contributed by atoms with Gasteiger partial charge in [-0.1, -0.05) is 41.5 Å². The first-order valence-corrected chi connectivity index (χ1v) is 8.03. The second-order valence-electron chi connectivity index (χ2n) is 7.71. The van der Waals surface area contributed by atoms with Crippen LogP contribution >= 0.6 is 11.3 Å². The van der Waals surface area contributed by atoms with Gasteiger partial charge in [-0.05, 0) is 32.2 Å². The number of nitrogens with one attached hydrogen (secondary N) is 1. The average molecular weight is 282 g/mol. The first kappa shape index (κ1) is 16.6. The van der Waals surface area contributed by atoms with Crippen LogP contribution in [0.4, 0.5) is 0 Å². The SMILES string of the molecule is Cc1nc(C(C)(C)C)sc1C(C)NCCC(C)(C)C. The topological polar surface area (TPSA) is 24.9 Å². The molecular weight excluding hydrogens is 252 g/mol. The van der Waals surface area contributed by atoms with Gasteiger partial charge in [0.05, 0.1) is 10.7 Å². The van der Waals surface area contributed by atoms with E-state index in [1.54, 1.807) is 0 Å². The lowest BCUT2D eigenvalue weighted by atomic mass is 9.92. The van der Waals surface area contributed by atoms with Gasteiger partial charge in [-0.2, -0.15) is 0 Å². The summed E-state index contributed by atoms with van der Waals surface area (Å²) in [6, 6.07) is 0.399. The number of hydrogen-bond acceptors (Lipinski definition) is 3. The van der Waals surface area contributed by atoms with E-state index in [1.165, 1.54) is 22.0 Å². The third-order valence-electron chi connectivity index (χ3n) is 3.19. The smallest absolute Gasteiger partial charge is 0.0985 e. The Hall–Kier alpha value is -0.410. The Morgan fingerprint density at radius 2 is 1.74 bits per heavy atom. The Labute approximate surface area is 123 Å². The maximum absolute atomic E-state index is 4.74. The molecule has 19 heavy (non-hydrogen) atoms.